The molecule has 25 heavy (non-hydrogen) atoms. The molecule has 7 atom stereocenters. The highest BCUT2D eigenvalue weighted by Crippen LogP contribution is 2.67. The zero-order valence-electron chi connectivity index (χ0n) is 15.1. The third kappa shape index (κ3) is 2.04. The van der Waals surface area contributed by atoms with Crippen LogP contribution < -0.4 is 0 Å². The van der Waals surface area contributed by atoms with E-state index in [-0.39, 0.29) is 17.1 Å². The Hall–Kier alpha value is -1.15. The number of carbonyl (C=O) groups is 1. The summed E-state index contributed by atoms with van der Waals surface area (Å²) in [6.07, 6.45) is 12.5. The predicted molar refractivity (Wildman–Crippen MR) is 93.4 cm³/mol. The Bertz CT molecular complexity index is 676. The van der Waals surface area contributed by atoms with Gasteiger partial charge in [-0.3, -0.25) is 10.1 Å². The van der Waals surface area contributed by atoms with Gasteiger partial charge >= 0.3 is 0 Å². The average Bonchev–Trinajstić information content (AvgIpc) is 2.87. The summed E-state index contributed by atoms with van der Waals surface area (Å²) in [5.74, 6) is 4.07. The van der Waals surface area contributed by atoms with Crippen molar-refractivity contribution in [2.75, 3.05) is 0 Å². The molecule has 0 spiro atoms. The number of fused-ring (bicyclic) bond motifs is 5. The standard InChI is InChI=1S/C21H28O4/c1-4-20(23)9-7-16-18-13(2)11-14-12-15(22)5-10-21(14,25-24)17(18)6-8-19(16,20)3/h1,12-13,16-18,23-24H,5-11H2,2-3H3/t13-,16-,17-,18-,19-,20-,21+/m0/s1. The van der Waals surface area contributed by atoms with Gasteiger partial charge in [0.25, 0.3) is 0 Å². The molecule has 2 N–H and O–H groups in total. The molecule has 0 bridgehead atoms. The van der Waals surface area contributed by atoms with Crippen LogP contribution in [0.3, 0.4) is 0 Å². The lowest BCUT2D eigenvalue weighted by Gasteiger charge is -2.59. The summed E-state index contributed by atoms with van der Waals surface area (Å²) in [6.45, 7) is 4.38. The van der Waals surface area contributed by atoms with E-state index >= 15 is 0 Å². The van der Waals surface area contributed by atoms with Gasteiger partial charge in [0, 0.05) is 11.8 Å². The van der Waals surface area contributed by atoms with Gasteiger partial charge in [-0.2, -0.15) is 0 Å². The van der Waals surface area contributed by atoms with Crippen LogP contribution >= 0.6 is 0 Å². The van der Waals surface area contributed by atoms with Crippen molar-refractivity contribution in [1.29, 1.82) is 0 Å². The molecule has 0 aliphatic heterocycles. The first-order valence-corrected chi connectivity index (χ1v) is 9.58. The summed E-state index contributed by atoms with van der Waals surface area (Å²) < 4.78 is 0. The van der Waals surface area contributed by atoms with Gasteiger partial charge in [-0.25, -0.2) is 4.89 Å². The Kier molecular flexibility index (Phi) is 3.75. The second kappa shape index (κ2) is 5.42. The Balaban J connectivity index is 1.77. The monoisotopic (exact) mass is 344 g/mol. The van der Waals surface area contributed by atoms with Crippen molar-refractivity contribution in [2.45, 2.75) is 70.0 Å². The van der Waals surface area contributed by atoms with E-state index in [1.165, 1.54) is 0 Å². The number of hydrogen-bond donors (Lipinski definition) is 2. The van der Waals surface area contributed by atoms with E-state index in [1.807, 2.05) is 0 Å². The maximum Gasteiger partial charge on any atom is 0.155 e. The molecule has 0 aromatic carbocycles. The van der Waals surface area contributed by atoms with Gasteiger partial charge in [0.05, 0.1) is 0 Å². The molecule has 0 saturated heterocycles. The molecule has 0 aromatic heterocycles. The molecule has 3 saturated carbocycles. The fraction of sp³-hybridized carbons (Fsp3) is 0.762. The summed E-state index contributed by atoms with van der Waals surface area (Å²) in [5.41, 5.74) is -1.06. The van der Waals surface area contributed by atoms with Crippen molar-refractivity contribution in [3.8, 4) is 12.3 Å². The van der Waals surface area contributed by atoms with Crippen LogP contribution in [0.5, 0.6) is 0 Å². The van der Waals surface area contributed by atoms with Crippen LogP contribution in [0.2, 0.25) is 0 Å². The van der Waals surface area contributed by atoms with Gasteiger partial charge in [0.2, 0.25) is 0 Å². The van der Waals surface area contributed by atoms with E-state index in [0.717, 1.165) is 31.3 Å². The number of terminal acetylenes is 1. The fourth-order valence-corrected chi connectivity index (χ4v) is 6.96. The van der Waals surface area contributed by atoms with Crippen molar-refractivity contribution in [1.82, 2.24) is 0 Å². The summed E-state index contributed by atoms with van der Waals surface area (Å²) in [7, 11) is 0. The molecule has 0 heterocycles. The zero-order chi connectivity index (χ0) is 18.0. The molecular weight excluding hydrogens is 316 g/mol. The van der Waals surface area contributed by atoms with Gasteiger partial charge < -0.3 is 5.11 Å². The van der Waals surface area contributed by atoms with Gasteiger partial charge in [0.15, 0.2) is 5.78 Å². The molecular formula is C21H28O4. The fourth-order valence-electron chi connectivity index (χ4n) is 6.96. The van der Waals surface area contributed by atoms with E-state index in [1.54, 1.807) is 6.08 Å². The zero-order valence-corrected chi connectivity index (χ0v) is 15.1. The highest BCUT2D eigenvalue weighted by atomic mass is 17.1. The van der Waals surface area contributed by atoms with Crippen molar-refractivity contribution >= 4 is 5.78 Å². The molecule has 3 fully saturated rings. The molecule has 4 aliphatic carbocycles. The number of ketones is 1. The lowest BCUT2D eigenvalue weighted by atomic mass is 9.47. The van der Waals surface area contributed by atoms with Crippen molar-refractivity contribution in [3.63, 3.8) is 0 Å². The van der Waals surface area contributed by atoms with Crippen molar-refractivity contribution in [2.24, 2.45) is 29.1 Å². The first kappa shape index (κ1) is 17.3. The summed E-state index contributed by atoms with van der Waals surface area (Å²) >= 11 is 0. The third-order valence-electron chi connectivity index (χ3n) is 8.31. The minimum Gasteiger partial charge on any atom is -0.377 e. The molecule has 4 aliphatic rings. The Morgan fingerprint density at radius 3 is 2.68 bits per heavy atom. The number of aliphatic hydroxyl groups is 1. The SMILES string of the molecule is C#C[C@]1(O)CC[C@H]2[C@@H]3[C@@H](C)CC4=CC(=O)CC[C@]4(OO)[C@H]3CC[C@@]21C. The van der Waals surface area contributed by atoms with E-state index in [9.17, 15) is 15.2 Å². The minimum atomic E-state index is -1.03. The Labute approximate surface area is 149 Å². The third-order valence-corrected chi connectivity index (χ3v) is 8.31. The summed E-state index contributed by atoms with van der Waals surface area (Å²) in [6, 6.07) is 0. The van der Waals surface area contributed by atoms with Crippen LogP contribution in [0.4, 0.5) is 0 Å². The maximum atomic E-state index is 11.9. The van der Waals surface area contributed by atoms with Gasteiger partial charge in [-0.1, -0.05) is 19.8 Å². The maximum absolute atomic E-state index is 11.9. The Morgan fingerprint density at radius 1 is 1.28 bits per heavy atom. The van der Waals surface area contributed by atoms with Crippen LogP contribution in [0, 0.1) is 41.4 Å². The predicted octanol–water partition coefficient (Wildman–Crippen LogP) is 3.35. The number of rotatable bonds is 1. The van der Waals surface area contributed by atoms with E-state index in [2.05, 4.69) is 19.8 Å². The van der Waals surface area contributed by atoms with Gasteiger partial charge in [-0.05, 0) is 73.8 Å². The van der Waals surface area contributed by atoms with Gasteiger partial charge in [0.1, 0.15) is 11.2 Å². The molecule has 4 heteroatoms. The highest BCUT2D eigenvalue weighted by Gasteiger charge is 2.66. The second-order valence-electron chi connectivity index (χ2n) is 9.09. The van der Waals surface area contributed by atoms with Gasteiger partial charge in [-0.15, -0.1) is 6.42 Å². The van der Waals surface area contributed by atoms with Crippen LogP contribution in [-0.4, -0.2) is 27.3 Å². The first-order valence-electron chi connectivity index (χ1n) is 9.58. The first-order chi connectivity index (χ1) is 11.8. The van der Waals surface area contributed by atoms with Crippen LogP contribution in [0.1, 0.15) is 58.8 Å². The number of hydrogen-bond acceptors (Lipinski definition) is 4. The molecule has 136 valence electrons. The van der Waals surface area contributed by atoms with Crippen LogP contribution in [0.15, 0.2) is 11.6 Å². The van der Waals surface area contributed by atoms with E-state index < -0.39 is 11.2 Å². The van der Waals surface area contributed by atoms with E-state index in [0.29, 0.717) is 37.0 Å². The normalized spacial score (nSPS) is 51.8. The minimum absolute atomic E-state index is 0.136. The molecule has 0 aromatic rings. The quantitative estimate of drug-likeness (QED) is 0.435. The average molecular weight is 344 g/mol. The van der Waals surface area contributed by atoms with Crippen molar-refractivity contribution < 1.29 is 20.0 Å². The van der Waals surface area contributed by atoms with E-state index in [4.69, 9.17) is 11.3 Å². The lowest BCUT2D eigenvalue weighted by molar-refractivity contribution is -0.344. The number of carbonyl (C=O) groups excluding carboxylic acids is 1. The summed E-state index contributed by atoms with van der Waals surface area (Å²) in [5, 5.41) is 21.0. The highest BCUT2D eigenvalue weighted by molar-refractivity contribution is 5.92. The Morgan fingerprint density at radius 2 is 2.00 bits per heavy atom. The summed E-state index contributed by atoms with van der Waals surface area (Å²) in [4.78, 5) is 17.1. The molecule has 0 amide bonds. The smallest absolute Gasteiger partial charge is 0.155 e. The van der Waals surface area contributed by atoms with Crippen LogP contribution in [-0.2, 0) is 9.68 Å². The van der Waals surface area contributed by atoms with Crippen LogP contribution in [0.25, 0.3) is 0 Å². The molecule has 4 nitrogen and oxygen atoms in total. The second-order valence-corrected chi connectivity index (χ2v) is 9.09. The topological polar surface area (TPSA) is 66.8 Å². The lowest BCUT2D eigenvalue weighted by Crippen LogP contribution is -2.60. The largest absolute Gasteiger partial charge is 0.377 e. The molecule has 0 unspecified atom stereocenters. The molecule has 0 radical (unpaired) electrons. The molecule has 4 rings (SSSR count). The van der Waals surface area contributed by atoms with Crippen molar-refractivity contribution in [3.05, 3.63) is 11.6 Å².